The van der Waals surface area contributed by atoms with Crippen LogP contribution in [0.1, 0.15) is 51.0 Å². The van der Waals surface area contributed by atoms with Crippen LogP contribution in [0.3, 0.4) is 0 Å². The van der Waals surface area contributed by atoms with Gasteiger partial charge >= 0.3 is 0 Å². The van der Waals surface area contributed by atoms with Crippen LogP contribution in [0.2, 0.25) is 0 Å². The highest BCUT2D eigenvalue weighted by Crippen LogP contribution is 2.28. The molecule has 0 bridgehead atoms. The lowest BCUT2D eigenvalue weighted by Crippen LogP contribution is -2.29. The molecule has 1 saturated heterocycles. The fourth-order valence-corrected chi connectivity index (χ4v) is 5.16. The Hall–Kier alpha value is -1.04. The van der Waals surface area contributed by atoms with Crippen LogP contribution in [0.25, 0.3) is 0 Å². The molecule has 2 fully saturated rings. The first-order valence-electron chi connectivity index (χ1n) is 8.00. The van der Waals surface area contributed by atoms with Crippen molar-refractivity contribution in [1.82, 2.24) is 9.78 Å². The van der Waals surface area contributed by atoms with Crippen molar-refractivity contribution in [3.63, 3.8) is 0 Å². The quantitative estimate of drug-likeness (QED) is 0.857. The first-order chi connectivity index (χ1) is 10.1. The van der Waals surface area contributed by atoms with E-state index in [0.717, 1.165) is 18.6 Å². The topological polar surface area (TPSA) is 61.2 Å². The van der Waals surface area contributed by atoms with Gasteiger partial charge < -0.3 is 4.74 Å². The maximum atomic E-state index is 11.6. The number of sulfone groups is 1. The maximum Gasteiger partial charge on any atom is 0.157 e. The van der Waals surface area contributed by atoms with Gasteiger partial charge in [0.15, 0.2) is 15.6 Å². The minimum atomic E-state index is -2.85. The van der Waals surface area contributed by atoms with Gasteiger partial charge in [0.25, 0.3) is 0 Å². The summed E-state index contributed by atoms with van der Waals surface area (Å²) in [5.74, 6) is 1.50. The van der Waals surface area contributed by atoms with Gasteiger partial charge in [-0.15, -0.1) is 0 Å². The van der Waals surface area contributed by atoms with Gasteiger partial charge in [0.05, 0.1) is 36.5 Å². The molecule has 1 aliphatic carbocycles. The number of nitrogens with zero attached hydrogens (tertiary/aromatic N) is 2. The van der Waals surface area contributed by atoms with Crippen LogP contribution >= 0.6 is 0 Å². The van der Waals surface area contributed by atoms with Crippen LogP contribution in [-0.2, 0) is 9.84 Å². The summed E-state index contributed by atoms with van der Waals surface area (Å²) in [4.78, 5) is 0. The smallest absolute Gasteiger partial charge is 0.157 e. The van der Waals surface area contributed by atoms with Crippen molar-refractivity contribution in [1.29, 1.82) is 0 Å². The van der Waals surface area contributed by atoms with Crippen molar-refractivity contribution < 1.29 is 13.2 Å². The van der Waals surface area contributed by atoms with E-state index in [4.69, 9.17) is 4.74 Å². The van der Waals surface area contributed by atoms with Crippen LogP contribution < -0.4 is 4.74 Å². The second-order valence-electron chi connectivity index (χ2n) is 6.38. The molecule has 118 valence electrons. The highest BCUT2D eigenvalue weighted by Gasteiger charge is 2.25. The standard InChI is InChI=1S/C15H24N2O3S/c18-21(19)8-4-5-13(12-21)11-20-15-9-16-17(10-15)14-6-2-1-3-7-14/h9-10,13-14H,1-8,11-12H2. The Morgan fingerprint density at radius 3 is 2.76 bits per heavy atom. The molecular weight excluding hydrogens is 288 g/mol. The number of aromatic nitrogens is 2. The third-order valence-electron chi connectivity index (χ3n) is 4.57. The van der Waals surface area contributed by atoms with E-state index in [1.165, 1.54) is 32.1 Å². The average molecular weight is 312 g/mol. The van der Waals surface area contributed by atoms with E-state index in [9.17, 15) is 8.42 Å². The van der Waals surface area contributed by atoms with E-state index in [1.54, 1.807) is 6.20 Å². The zero-order chi connectivity index (χ0) is 14.7. The van der Waals surface area contributed by atoms with Crippen molar-refractivity contribution in [3.05, 3.63) is 12.4 Å². The van der Waals surface area contributed by atoms with E-state index >= 15 is 0 Å². The second kappa shape index (κ2) is 6.38. The number of hydrogen-bond donors (Lipinski definition) is 0. The molecule has 1 aromatic rings. The molecular formula is C15H24N2O3S. The van der Waals surface area contributed by atoms with Crippen LogP contribution in [0.15, 0.2) is 12.4 Å². The molecule has 1 atom stereocenters. The normalized spacial score (nSPS) is 26.6. The van der Waals surface area contributed by atoms with Gasteiger partial charge in [0, 0.05) is 5.92 Å². The van der Waals surface area contributed by atoms with E-state index in [1.807, 2.05) is 10.9 Å². The fraction of sp³-hybridized carbons (Fsp3) is 0.800. The lowest BCUT2D eigenvalue weighted by atomic mass is 9.96. The van der Waals surface area contributed by atoms with E-state index in [0.29, 0.717) is 18.4 Å². The van der Waals surface area contributed by atoms with Gasteiger partial charge in [-0.05, 0) is 25.7 Å². The molecule has 0 N–H and O–H groups in total. The molecule has 1 aliphatic heterocycles. The predicted molar refractivity (Wildman–Crippen MR) is 81.2 cm³/mol. The fourth-order valence-electron chi connectivity index (χ4n) is 3.40. The lowest BCUT2D eigenvalue weighted by Gasteiger charge is -2.22. The van der Waals surface area contributed by atoms with Crippen LogP contribution in [0, 0.1) is 5.92 Å². The minimum absolute atomic E-state index is 0.127. The van der Waals surface area contributed by atoms with Crippen LogP contribution in [-0.4, -0.2) is 36.3 Å². The summed E-state index contributed by atoms with van der Waals surface area (Å²) >= 11 is 0. The highest BCUT2D eigenvalue weighted by molar-refractivity contribution is 7.91. The number of rotatable bonds is 4. The molecule has 1 unspecified atom stereocenters. The van der Waals surface area contributed by atoms with E-state index < -0.39 is 9.84 Å². The summed E-state index contributed by atoms with van der Waals surface area (Å²) in [5, 5.41) is 4.41. The Labute approximate surface area is 126 Å². The Balaban J connectivity index is 1.52. The summed E-state index contributed by atoms with van der Waals surface area (Å²) in [6.07, 6.45) is 11.7. The van der Waals surface area contributed by atoms with Crippen molar-refractivity contribution in [2.24, 2.45) is 5.92 Å². The van der Waals surface area contributed by atoms with Crippen molar-refractivity contribution in [2.75, 3.05) is 18.1 Å². The summed E-state index contributed by atoms with van der Waals surface area (Å²) in [6.45, 7) is 0.482. The lowest BCUT2D eigenvalue weighted by molar-refractivity contribution is 0.248. The Kier molecular flexibility index (Phi) is 4.52. The van der Waals surface area contributed by atoms with E-state index in [-0.39, 0.29) is 11.7 Å². The molecule has 6 heteroatoms. The molecule has 0 amide bonds. The largest absolute Gasteiger partial charge is 0.490 e. The molecule has 3 rings (SSSR count). The van der Waals surface area contributed by atoms with Crippen LogP contribution in [0.4, 0.5) is 0 Å². The van der Waals surface area contributed by atoms with Gasteiger partial charge in [-0.2, -0.15) is 5.10 Å². The molecule has 2 heterocycles. The molecule has 0 aromatic carbocycles. The second-order valence-corrected chi connectivity index (χ2v) is 8.61. The van der Waals surface area contributed by atoms with Gasteiger partial charge in [0.1, 0.15) is 0 Å². The summed E-state index contributed by atoms with van der Waals surface area (Å²) in [6, 6.07) is 0.506. The minimum Gasteiger partial charge on any atom is -0.490 e. The summed E-state index contributed by atoms with van der Waals surface area (Å²) in [5.41, 5.74) is 0. The first-order valence-corrected chi connectivity index (χ1v) is 9.82. The average Bonchev–Trinajstić information content (AvgIpc) is 2.94. The van der Waals surface area contributed by atoms with E-state index in [2.05, 4.69) is 5.10 Å². The Morgan fingerprint density at radius 1 is 1.19 bits per heavy atom. The third-order valence-corrected chi connectivity index (χ3v) is 6.46. The molecule has 5 nitrogen and oxygen atoms in total. The van der Waals surface area contributed by atoms with Gasteiger partial charge in [-0.1, -0.05) is 19.3 Å². The molecule has 0 radical (unpaired) electrons. The van der Waals surface area contributed by atoms with Crippen molar-refractivity contribution in [3.8, 4) is 5.75 Å². The van der Waals surface area contributed by atoms with Gasteiger partial charge in [-0.3, -0.25) is 4.68 Å². The molecule has 1 aromatic heterocycles. The third kappa shape index (κ3) is 3.99. The van der Waals surface area contributed by atoms with Gasteiger partial charge in [-0.25, -0.2) is 8.42 Å². The molecule has 0 spiro atoms. The Morgan fingerprint density at radius 2 is 2.00 bits per heavy atom. The van der Waals surface area contributed by atoms with Gasteiger partial charge in [0.2, 0.25) is 0 Å². The SMILES string of the molecule is O=S1(=O)CCCC(COc2cnn(C3CCCCC3)c2)C1. The molecule has 1 saturated carbocycles. The summed E-state index contributed by atoms with van der Waals surface area (Å²) < 4.78 is 31.0. The van der Waals surface area contributed by atoms with Crippen molar-refractivity contribution in [2.45, 2.75) is 51.0 Å². The Bertz CT molecular complexity index is 561. The first kappa shape index (κ1) is 14.9. The molecule has 2 aliphatic rings. The summed E-state index contributed by atoms with van der Waals surface area (Å²) in [7, 11) is -2.85. The zero-order valence-corrected chi connectivity index (χ0v) is 13.2. The number of hydrogen-bond acceptors (Lipinski definition) is 4. The molecule has 21 heavy (non-hydrogen) atoms. The zero-order valence-electron chi connectivity index (χ0n) is 12.4. The monoisotopic (exact) mass is 312 g/mol. The number of ether oxygens (including phenoxy) is 1. The predicted octanol–water partition coefficient (Wildman–Crippen LogP) is 2.59. The highest BCUT2D eigenvalue weighted by atomic mass is 32.2. The van der Waals surface area contributed by atoms with Crippen molar-refractivity contribution >= 4 is 9.84 Å². The maximum absolute atomic E-state index is 11.6. The van der Waals surface area contributed by atoms with Crippen LogP contribution in [0.5, 0.6) is 5.75 Å².